The van der Waals surface area contributed by atoms with E-state index in [2.05, 4.69) is 30.3 Å². The summed E-state index contributed by atoms with van der Waals surface area (Å²) in [5.74, 6) is 3.01. The van der Waals surface area contributed by atoms with E-state index >= 15 is 0 Å². The average Bonchev–Trinajstić information content (AvgIpc) is 2.77. The van der Waals surface area contributed by atoms with Crippen LogP contribution in [-0.4, -0.2) is 34.1 Å². The lowest BCUT2D eigenvalue weighted by atomic mass is 9.48. The van der Waals surface area contributed by atoms with Gasteiger partial charge in [0, 0.05) is 5.56 Å². The van der Waals surface area contributed by atoms with Crippen LogP contribution in [0.5, 0.6) is 5.75 Å². The molecule has 0 amide bonds. The van der Waals surface area contributed by atoms with E-state index < -0.39 is 5.54 Å². The molecule has 4 saturated carbocycles. The number of rotatable bonds is 7. The number of phenolic OH excluding ortho intramolecular Hbond substituents is 1. The van der Waals surface area contributed by atoms with Gasteiger partial charge in [-0.2, -0.15) is 0 Å². The zero-order chi connectivity index (χ0) is 21.6. The molecule has 4 heteroatoms. The van der Waals surface area contributed by atoms with E-state index in [-0.39, 0.29) is 18.6 Å². The Morgan fingerprint density at radius 2 is 1.39 bits per heavy atom. The fourth-order valence-corrected chi connectivity index (χ4v) is 7.05. The number of hydrogen-bond acceptors (Lipinski definition) is 4. The van der Waals surface area contributed by atoms with Crippen molar-refractivity contribution in [1.82, 2.24) is 0 Å². The molecule has 31 heavy (non-hydrogen) atoms. The lowest BCUT2D eigenvalue weighted by Gasteiger charge is -2.57. The van der Waals surface area contributed by atoms with Crippen molar-refractivity contribution in [3.05, 3.63) is 53.6 Å². The Morgan fingerprint density at radius 1 is 0.839 bits per heavy atom. The van der Waals surface area contributed by atoms with E-state index in [1.54, 1.807) is 0 Å². The van der Waals surface area contributed by atoms with Gasteiger partial charge in [0.05, 0.1) is 18.8 Å². The van der Waals surface area contributed by atoms with Crippen molar-refractivity contribution in [3.8, 4) is 16.9 Å². The van der Waals surface area contributed by atoms with Crippen LogP contribution in [0.25, 0.3) is 11.1 Å². The van der Waals surface area contributed by atoms with Gasteiger partial charge in [-0.05, 0) is 103 Å². The number of nitrogens with two attached hydrogens (primary N) is 1. The summed E-state index contributed by atoms with van der Waals surface area (Å²) in [5, 5.41) is 29.6. The molecular weight excluding hydrogens is 386 g/mol. The van der Waals surface area contributed by atoms with Crippen LogP contribution in [0.15, 0.2) is 42.5 Å². The monoisotopic (exact) mass is 421 g/mol. The Bertz CT molecular complexity index is 897. The van der Waals surface area contributed by atoms with Crippen molar-refractivity contribution in [2.24, 2.45) is 23.5 Å². The van der Waals surface area contributed by atoms with Gasteiger partial charge in [-0.3, -0.25) is 0 Å². The highest BCUT2D eigenvalue weighted by atomic mass is 16.3. The third kappa shape index (κ3) is 3.90. The predicted octanol–water partition coefficient (Wildman–Crippen LogP) is 4.14. The molecule has 0 unspecified atom stereocenters. The highest BCUT2D eigenvalue weighted by Crippen LogP contribution is 2.62. The minimum atomic E-state index is -0.928. The molecule has 4 bridgehead atoms. The summed E-state index contributed by atoms with van der Waals surface area (Å²) in [5.41, 5.74) is 9.87. The normalized spacial score (nSPS) is 29.5. The average molecular weight is 422 g/mol. The lowest BCUT2D eigenvalue weighted by molar-refractivity contribution is -0.00611. The van der Waals surface area contributed by atoms with E-state index in [1.807, 2.05) is 12.1 Å². The molecule has 5 N–H and O–H groups in total. The summed E-state index contributed by atoms with van der Waals surface area (Å²) in [7, 11) is 0. The highest BCUT2D eigenvalue weighted by Gasteiger charge is 2.52. The fraction of sp³-hybridized carbons (Fsp3) is 0.556. The minimum absolute atomic E-state index is 0.174. The summed E-state index contributed by atoms with van der Waals surface area (Å²) in [6.45, 7) is -0.440. The molecule has 0 atom stereocenters. The molecule has 6 rings (SSSR count). The first kappa shape index (κ1) is 21.0. The van der Waals surface area contributed by atoms with Crippen molar-refractivity contribution >= 4 is 0 Å². The second-order valence-corrected chi connectivity index (χ2v) is 10.8. The maximum absolute atomic E-state index is 10.8. The fourth-order valence-electron chi connectivity index (χ4n) is 7.05. The SMILES string of the molecule is NC(CO)(CO)CCc1ccc(-c2ccc(O)c(C34CC5CC(CC(C5)C3)C4)c2)cc1. The third-order valence-corrected chi connectivity index (χ3v) is 8.43. The number of aliphatic hydroxyl groups is 2. The van der Waals surface area contributed by atoms with Crippen LogP contribution >= 0.6 is 0 Å². The van der Waals surface area contributed by atoms with Gasteiger partial charge in [0.25, 0.3) is 0 Å². The second-order valence-electron chi connectivity index (χ2n) is 10.8. The smallest absolute Gasteiger partial charge is 0.119 e. The van der Waals surface area contributed by atoms with E-state index in [4.69, 9.17) is 5.73 Å². The molecule has 0 heterocycles. The summed E-state index contributed by atoms with van der Waals surface area (Å²) < 4.78 is 0. The van der Waals surface area contributed by atoms with Crippen LogP contribution < -0.4 is 5.73 Å². The van der Waals surface area contributed by atoms with Gasteiger partial charge >= 0.3 is 0 Å². The largest absolute Gasteiger partial charge is 0.508 e. The molecule has 4 nitrogen and oxygen atoms in total. The molecule has 2 aromatic rings. The van der Waals surface area contributed by atoms with Crippen LogP contribution in [0, 0.1) is 17.8 Å². The molecule has 4 aliphatic rings. The highest BCUT2D eigenvalue weighted by molar-refractivity contribution is 5.67. The Balaban J connectivity index is 1.37. The van der Waals surface area contributed by atoms with Crippen LogP contribution in [0.2, 0.25) is 0 Å². The summed E-state index contributed by atoms with van der Waals surface area (Å²) in [4.78, 5) is 0. The van der Waals surface area contributed by atoms with Crippen LogP contribution in [0.3, 0.4) is 0 Å². The molecule has 166 valence electrons. The van der Waals surface area contributed by atoms with Gasteiger partial charge in [0.2, 0.25) is 0 Å². The van der Waals surface area contributed by atoms with Crippen molar-refractivity contribution in [2.75, 3.05) is 13.2 Å². The third-order valence-electron chi connectivity index (χ3n) is 8.43. The van der Waals surface area contributed by atoms with Crippen LogP contribution in [-0.2, 0) is 11.8 Å². The second kappa shape index (κ2) is 7.91. The maximum atomic E-state index is 10.8. The van der Waals surface area contributed by atoms with Gasteiger partial charge < -0.3 is 21.1 Å². The van der Waals surface area contributed by atoms with Gasteiger partial charge in [-0.25, -0.2) is 0 Å². The molecule has 0 aliphatic heterocycles. The van der Waals surface area contributed by atoms with Crippen molar-refractivity contribution in [1.29, 1.82) is 0 Å². The maximum Gasteiger partial charge on any atom is 0.119 e. The van der Waals surface area contributed by atoms with Crippen molar-refractivity contribution in [2.45, 2.75) is 62.3 Å². The zero-order valence-electron chi connectivity index (χ0n) is 18.3. The Labute approximate surface area is 185 Å². The van der Waals surface area contributed by atoms with E-state index in [0.29, 0.717) is 18.6 Å². The summed E-state index contributed by atoms with van der Waals surface area (Å²) in [6, 6.07) is 14.6. The molecule has 4 aliphatic carbocycles. The Morgan fingerprint density at radius 3 is 1.94 bits per heavy atom. The number of hydrogen-bond donors (Lipinski definition) is 4. The standard InChI is InChI=1S/C27H35NO3/c28-27(16-29,17-30)8-7-18-1-3-22(4-2-18)23-5-6-25(31)24(12-23)26-13-19-9-20(14-26)11-21(10-19)15-26/h1-6,12,19-21,29-31H,7-11,13-17,28H2. The van der Waals surface area contributed by atoms with E-state index in [1.165, 1.54) is 44.1 Å². The van der Waals surface area contributed by atoms with Gasteiger partial charge in [0.15, 0.2) is 0 Å². The number of aromatic hydroxyl groups is 1. The van der Waals surface area contributed by atoms with Gasteiger partial charge in [0.1, 0.15) is 5.75 Å². The number of benzene rings is 2. The number of aliphatic hydroxyl groups excluding tert-OH is 2. The molecule has 0 aromatic heterocycles. The first-order valence-corrected chi connectivity index (χ1v) is 11.9. The van der Waals surface area contributed by atoms with E-state index in [0.717, 1.165) is 34.4 Å². The number of aryl methyl sites for hydroxylation is 1. The van der Waals surface area contributed by atoms with E-state index in [9.17, 15) is 15.3 Å². The number of phenols is 1. The molecule has 4 fully saturated rings. The van der Waals surface area contributed by atoms with Crippen LogP contribution in [0.4, 0.5) is 0 Å². The topological polar surface area (TPSA) is 86.7 Å². The molecule has 2 aromatic carbocycles. The first-order valence-electron chi connectivity index (χ1n) is 11.9. The molecule has 0 radical (unpaired) electrons. The Kier molecular flexibility index (Phi) is 5.36. The lowest BCUT2D eigenvalue weighted by Crippen LogP contribution is -2.48. The predicted molar refractivity (Wildman–Crippen MR) is 123 cm³/mol. The van der Waals surface area contributed by atoms with Crippen LogP contribution in [0.1, 0.15) is 56.1 Å². The van der Waals surface area contributed by atoms with Crippen molar-refractivity contribution in [3.63, 3.8) is 0 Å². The molecular formula is C27H35NO3. The minimum Gasteiger partial charge on any atom is -0.508 e. The van der Waals surface area contributed by atoms with Gasteiger partial charge in [-0.1, -0.05) is 30.3 Å². The summed E-state index contributed by atoms with van der Waals surface area (Å²) >= 11 is 0. The van der Waals surface area contributed by atoms with Gasteiger partial charge in [-0.15, -0.1) is 0 Å². The summed E-state index contributed by atoms with van der Waals surface area (Å²) in [6.07, 6.45) is 9.18. The Hall–Kier alpha value is -1.88. The quantitative estimate of drug-likeness (QED) is 0.541. The molecule has 0 saturated heterocycles. The first-order chi connectivity index (χ1) is 14.9. The van der Waals surface area contributed by atoms with Crippen molar-refractivity contribution < 1.29 is 15.3 Å². The molecule has 0 spiro atoms. The zero-order valence-corrected chi connectivity index (χ0v) is 18.3.